The van der Waals surface area contributed by atoms with E-state index in [1.807, 2.05) is 37.9 Å². The first-order chi connectivity index (χ1) is 9.49. The molecule has 2 N–H and O–H groups in total. The summed E-state index contributed by atoms with van der Waals surface area (Å²) in [5.74, 6) is 1.06. The predicted molar refractivity (Wildman–Crippen MR) is 81.5 cm³/mol. The molecule has 1 heterocycles. The van der Waals surface area contributed by atoms with Crippen LogP contribution in [0.4, 0.5) is 17.2 Å². The summed E-state index contributed by atoms with van der Waals surface area (Å²) in [6.07, 6.45) is 1.48. The van der Waals surface area contributed by atoms with Crippen molar-refractivity contribution in [2.24, 2.45) is 0 Å². The molecule has 5 nitrogen and oxygen atoms in total. The van der Waals surface area contributed by atoms with Crippen LogP contribution in [0, 0.1) is 6.92 Å². The van der Waals surface area contributed by atoms with Crippen LogP contribution >= 0.6 is 0 Å². The summed E-state index contributed by atoms with van der Waals surface area (Å²) >= 11 is 0. The van der Waals surface area contributed by atoms with Crippen molar-refractivity contribution in [3.8, 4) is 5.88 Å². The second-order valence-corrected chi connectivity index (χ2v) is 4.98. The second-order valence-electron chi connectivity index (χ2n) is 4.98. The molecule has 0 saturated heterocycles. The maximum Gasteiger partial charge on any atom is 0.242 e. The van der Waals surface area contributed by atoms with E-state index in [0.717, 1.165) is 5.69 Å². The van der Waals surface area contributed by atoms with Gasteiger partial charge in [-0.25, -0.2) is 4.98 Å². The molecule has 0 bridgehead atoms. The minimum Gasteiger partial charge on any atom is -0.473 e. The second kappa shape index (κ2) is 5.77. The molecule has 0 radical (unpaired) electrons. The third-order valence-electron chi connectivity index (χ3n) is 2.91. The van der Waals surface area contributed by atoms with Gasteiger partial charge >= 0.3 is 0 Å². The summed E-state index contributed by atoms with van der Waals surface area (Å²) in [4.78, 5) is 10.3. The standard InChI is InChI=1S/C15H20N4O/c1-10(2)20-15-13(16)14(17-9-18-15)19(4)12-7-5-11(3)6-8-12/h5-10H,16H2,1-4H3. The van der Waals surface area contributed by atoms with Gasteiger partial charge in [-0.15, -0.1) is 0 Å². The number of rotatable bonds is 4. The van der Waals surface area contributed by atoms with Gasteiger partial charge in [0, 0.05) is 12.7 Å². The van der Waals surface area contributed by atoms with Crippen LogP contribution in [0.1, 0.15) is 19.4 Å². The number of anilines is 3. The lowest BCUT2D eigenvalue weighted by molar-refractivity contribution is 0.234. The number of nitrogens with two attached hydrogens (primary N) is 1. The summed E-state index contributed by atoms with van der Waals surface area (Å²) in [5, 5.41) is 0. The van der Waals surface area contributed by atoms with Gasteiger partial charge < -0.3 is 15.4 Å². The fourth-order valence-corrected chi connectivity index (χ4v) is 1.85. The van der Waals surface area contributed by atoms with E-state index >= 15 is 0 Å². The van der Waals surface area contributed by atoms with E-state index in [0.29, 0.717) is 17.4 Å². The molecule has 20 heavy (non-hydrogen) atoms. The fourth-order valence-electron chi connectivity index (χ4n) is 1.85. The first kappa shape index (κ1) is 14.1. The summed E-state index contributed by atoms with van der Waals surface area (Å²) in [5.41, 5.74) is 8.78. The number of hydrogen-bond donors (Lipinski definition) is 1. The monoisotopic (exact) mass is 272 g/mol. The SMILES string of the molecule is Cc1ccc(N(C)c2ncnc(OC(C)C)c2N)cc1. The van der Waals surface area contributed by atoms with Gasteiger partial charge in [0.2, 0.25) is 5.88 Å². The van der Waals surface area contributed by atoms with Crippen molar-refractivity contribution in [1.82, 2.24) is 9.97 Å². The zero-order valence-electron chi connectivity index (χ0n) is 12.3. The molecule has 1 aromatic carbocycles. The highest BCUT2D eigenvalue weighted by atomic mass is 16.5. The third kappa shape index (κ3) is 2.99. The van der Waals surface area contributed by atoms with Crippen molar-refractivity contribution >= 4 is 17.2 Å². The summed E-state index contributed by atoms with van der Waals surface area (Å²) in [7, 11) is 1.92. The predicted octanol–water partition coefficient (Wildman–Crippen LogP) is 2.92. The quantitative estimate of drug-likeness (QED) is 0.927. The Morgan fingerprint density at radius 3 is 2.40 bits per heavy atom. The van der Waals surface area contributed by atoms with Gasteiger partial charge in [-0.1, -0.05) is 17.7 Å². The van der Waals surface area contributed by atoms with Crippen molar-refractivity contribution < 1.29 is 4.74 Å². The Hall–Kier alpha value is -2.30. The van der Waals surface area contributed by atoms with Gasteiger partial charge in [0.1, 0.15) is 12.0 Å². The molecule has 0 atom stereocenters. The van der Waals surface area contributed by atoms with Crippen molar-refractivity contribution in [3.63, 3.8) is 0 Å². The molecule has 0 fully saturated rings. The molecule has 5 heteroatoms. The highest BCUT2D eigenvalue weighted by molar-refractivity contribution is 5.73. The molecule has 0 amide bonds. The molecular weight excluding hydrogens is 252 g/mol. The Morgan fingerprint density at radius 2 is 1.80 bits per heavy atom. The minimum absolute atomic E-state index is 0.0183. The summed E-state index contributed by atoms with van der Waals surface area (Å²) in [6, 6.07) is 8.16. The van der Waals surface area contributed by atoms with Crippen LogP contribution in [0.5, 0.6) is 5.88 Å². The number of nitrogens with zero attached hydrogens (tertiary/aromatic N) is 3. The first-order valence-corrected chi connectivity index (χ1v) is 6.56. The highest BCUT2D eigenvalue weighted by Crippen LogP contribution is 2.32. The van der Waals surface area contributed by atoms with E-state index in [9.17, 15) is 0 Å². The lowest BCUT2D eigenvalue weighted by Gasteiger charge is -2.21. The van der Waals surface area contributed by atoms with Crippen LogP contribution in [0.25, 0.3) is 0 Å². The summed E-state index contributed by atoms with van der Waals surface area (Å²) in [6.45, 7) is 5.92. The van der Waals surface area contributed by atoms with Gasteiger partial charge in [-0.3, -0.25) is 0 Å². The summed E-state index contributed by atoms with van der Waals surface area (Å²) < 4.78 is 5.59. The minimum atomic E-state index is 0.0183. The largest absolute Gasteiger partial charge is 0.473 e. The van der Waals surface area contributed by atoms with Gasteiger partial charge in [-0.2, -0.15) is 4.98 Å². The number of aromatic nitrogens is 2. The molecule has 106 valence electrons. The molecule has 0 aliphatic carbocycles. The van der Waals surface area contributed by atoms with Crippen LogP contribution in [-0.2, 0) is 0 Å². The van der Waals surface area contributed by atoms with Crippen LogP contribution in [-0.4, -0.2) is 23.1 Å². The fraction of sp³-hybridized carbons (Fsp3) is 0.333. The van der Waals surface area contributed by atoms with E-state index in [-0.39, 0.29) is 6.10 Å². The number of nitrogen functional groups attached to an aromatic ring is 1. The smallest absolute Gasteiger partial charge is 0.242 e. The number of aryl methyl sites for hydroxylation is 1. The van der Waals surface area contributed by atoms with Crippen LogP contribution in [0.2, 0.25) is 0 Å². The number of benzene rings is 1. The van der Waals surface area contributed by atoms with E-state index < -0.39 is 0 Å². The van der Waals surface area contributed by atoms with Gasteiger partial charge in [0.05, 0.1) is 6.10 Å². The zero-order chi connectivity index (χ0) is 14.7. The first-order valence-electron chi connectivity index (χ1n) is 6.56. The molecular formula is C15H20N4O. The zero-order valence-corrected chi connectivity index (χ0v) is 12.3. The highest BCUT2D eigenvalue weighted by Gasteiger charge is 2.15. The maximum atomic E-state index is 6.11. The van der Waals surface area contributed by atoms with Gasteiger partial charge in [-0.05, 0) is 32.9 Å². The van der Waals surface area contributed by atoms with Gasteiger partial charge in [0.15, 0.2) is 5.82 Å². The third-order valence-corrected chi connectivity index (χ3v) is 2.91. The van der Waals surface area contributed by atoms with Crippen LogP contribution in [0.15, 0.2) is 30.6 Å². The molecule has 0 aliphatic heterocycles. The molecule has 1 aromatic heterocycles. The molecule has 0 unspecified atom stereocenters. The average molecular weight is 272 g/mol. The van der Waals surface area contributed by atoms with Crippen LogP contribution < -0.4 is 15.4 Å². The van der Waals surface area contributed by atoms with Crippen molar-refractivity contribution in [2.45, 2.75) is 26.9 Å². The van der Waals surface area contributed by atoms with E-state index in [1.165, 1.54) is 11.9 Å². The van der Waals surface area contributed by atoms with E-state index in [4.69, 9.17) is 10.5 Å². The molecule has 0 spiro atoms. The van der Waals surface area contributed by atoms with E-state index in [2.05, 4.69) is 29.0 Å². The van der Waals surface area contributed by atoms with E-state index in [1.54, 1.807) is 0 Å². The number of ether oxygens (including phenoxy) is 1. The Morgan fingerprint density at radius 1 is 1.15 bits per heavy atom. The Labute approximate surface area is 119 Å². The van der Waals surface area contributed by atoms with Crippen molar-refractivity contribution in [2.75, 3.05) is 17.7 Å². The lowest BCUT2D eigenvalue weighted by Crippen LogP contribution is -2.16. The molecule has 2 aromatic rings. The normalized spacial score (nSPS) is 10.7. The van der Waals surface area contributed by atoms with Crippen molar-refractivity contribution in [3.05, 3.63) is 36.2 Å². The topological polar surface area (TPSA) is 64.3 Å². The Balaban J connectivity index is 2.34. The molecule has 0 saturated carbocycles. The molecule has 2 rings (SSSR count). The Kier molecular flexibility index (Phi) is 4.08. The lowest BCUT2D eigenvalue weighted by atomic mass is 10.2. The van der Waals surface area contributed by atoms with Crippen LogP contribution in [0.3, 0.4) is 0 Å². The van der Waals surface area contributed by atoms with Crippen molar-refractivity contribution in [1.29, 1.82) is 0 Å². The van der Waals surface area contributed by atoms with Gasteiger partial charge in [0.25, 0.3) is 0 Å². The molecule has 0 aliphatic rings. The maximum absolute atomic E-state index is 6.11. The Bertz CT molecular complexity index is 581. The average Bonchev–Trinajstić information content (AvgIpc) is 2.41. The number of hydrogen-bond acceptors (Lipinski definition) is 5.